The maximum absolute atomic E-state index is 11.8. The van der Waals surface area contributed by atoms with Gasteiger partial charge in [0.05, 0.1) is 13.2 Å². The molecule has 0 aliphatic carbocycles. The van der Waals surface area contributed by atoms with E-state index in [1.165, 1.54) is 6.08 Å². The van der Waals surface area contributed by atoms with Gasteiger partial charge in [-0.1, -0.05) is 6.07 Å². The van der Waals surface area contributed by atoms with Crippen molar-refractivity contribution in [1.29, 1.82) is 0 Å². The molecule has 122 valence electrons. The molecule has 7 nitrogen and oxygen atoms in total. The molecule has 1 aromatic carbocycles. The van der Waals surface area contributed by atoms with Crippen molar-refractivity contribution in [3.63, 3.8) is 0 Å². The molecule has 0 spiro atoms. The van der Waals surface area contributed by atoms with Gasteiger partial charge in [0.25, 0.3) is 5.91 Å². The highest BCUT2D eigenvalue weighted by atomic mass is 16.7. The Balaban J connectivity index is 1.48. The number of hydrogen-bond donors (Lipinski definition) is 0. The number of rotatable bonds is 4. The van der Waals surface area contributed by atoms with E-state index >= 15 is 0 Å². The van der Waals surface area contributed by atoms with Crippen molar-refractivity contribution >= 4 is 18.0 Å². The van der Waals surface area contributed by atoms with Gasteiger partial charge in [-0.3, -0.25) is 4.79 Å². The van der Waals surface area contributed by atoms with Crippen LogP contribution in [0.2, 0.25) is 0 Å². The van der Waals surface area contributed by atoms with E-state index in [2.05, 4.69) is 0 Å². The van der Waals surface area contributed by atoms with E-state index in [1.807, 2.05) is 0 Å². The molecule has 0 aromatic heterocycles. The number of benzene rings is 1. The van der Waals surface area contributed by atoms with Crippen LogP contribution >= 0.6 is 0 Å². The van der Waals surface area contributed by atoms with Crippen molar-refractivity contribution in [2.45, 2.75) is 0 Å². The number of nitrogens with zero attached hydrogens (tertiary/aromatic N) is 1. The van der Waals surface area contributed by atoms with Gasteiger partial charge in [0.2, 0.25) is 6.79 Å². The zero-order valence-corrected chi connectivity index (χ0v) is 12.5. The number of esters is 1. The Kier molecular flexibility index (Phi) is 4.77. The van der Waals surface area contributed by atoms with Crippen LogP contribution in [0, 0.1) is 0 Å². The number of morpholine rings is 1. The van der Waals surface area contributed by atoms with Crippen LogP contribution in [-0.4, -0.2) is 56.5 Å². The molecule has 2 aliphatic heterocycles. The van der Waals surface area contributed by atoms with Gasteiger partial charge in [-0.2, -0.15) is 0 Å². The van der Waals surface area contributed by atoms with Crippen molar-refractivity contribution in [3.8, 4) is 11.5 Å². The van der Waals surface area contributed by atoms with E-state index < -0.39 is 5.97 Å². The molecular weight excluding hydrogens is 302 g/mol. The van der Waals surface area contributed by atoms with Crippen molar-refractivity contribution < 1.29 is 28.5 Å². The summed E-state index contributed by atoms with van der Waals surface area (Å²) in [5.41, 5.74) is 0.783. The molecule has 3 rings (SSSR count). The summed E-state index contributed by atoms with van der Waals surface area (Å²) in [6.45, 7) is 2.04. The molecule has 0 radical (unpaired) electrons. The average molecular weight is 319 g/mol. The third kappa shape index (κ3) is 4.01. The van der Waals surface area contributed by atoms with Gasteiger partial charge in [0.1, 0.15) is 0 Å². The van der Waals surface area contributed by atoms with Crippen molar-refractivity contribution in [2.75, 3.05) is 39.7 Å². The molecule has 23 heavy (non-hydrogen) atoms. The van der Waals surface area contributed by atoms with Gasteiger partial charge < -0.3 is 23.8 Å². The summed E-state index contributed by atoms with van der Waals surface area (Å²) < 4.78 is 20.6. The molecule has 1 amide bonds. The summed E-state index contributed by atoms with van der Waals surface area (Å²) in [6, 6.07) is 5.34. The summed E-state index contributed by atoms with van der Waals surface area (Å²) in [6.07, 6.45) is 2.88. The highest BCUT2D eigenvalue weighted by Crippen LogP contribution is 2.32. The van der Waals surface area contributed by atoms with E-state index in [0.29, 0.717) is 37.8 Å². The van der Waals surface area contributed by atoms with Crippen LogP contribution in [0.3, 0.4) is 0 Å². The first-order valence-electron chi connectivity index (χ1n) is 7.32. The van der Waals surface area contributed by atoms with Crippen molar-refractivity contribution in [2.24, 2.45) is 0 Å². The van der Waals surface area contributed by atoms with E-state index in [1.54, 1.807) is 29.2 Å². The zero-order valence-electron chi connectivity index (χ0n) is 12.5. The minimum absolute atomic E-state index is 0.203. The molecule has 2 aliphatic rings. The van der Waals surface area contributed by atoms with Crippen LogP contribution in [-0.2, 0) is 19.1 Å². The number of amides is 1. The van der Waals surface area contributed by atoms with Crippen molar-refractivity contribution in [3.05, 3.63) is 29.8 Å². The Morgan fingerprint density at radius 2 is 1.96 bits per heavy atom. The summed E-state index contributed by atoms with van der Waals surface area (Å²) in [4.78, 5) is 25.1. The number of ether oxygens (including phenoxy) is 4. The van der Waals surface area contributed by atoms with Crippen molar-refractivity contribution in [1.82, 2.24) is 4.90 Å². The fourth-order valence-corrected chi connectivity index (χ4v) is 2.27. The fourth-order valence-electron chi connectivity index (χ4n) is 2.27. The molecular formula is C16H17NO6. The molecule has 7 heteroatoms. The normalized spacial score (nSPS) is 16.6. The minimum Gasteiger partial charge on any atom is -0.454 e. The lowest BCUT2D eigenvalue weighted by Crippen LogP contribution is -2.42. The van der Waals surface area contributed by atoms with Crippen LogP contribution in [0.1, 0.15) is 5.56 Å². The Bertz CT molecular complexity index is 621. The Labute approximate surface area is 133 Å². The lowest BCUT2D eigenvalue weighted by Gasteiger charge is -2.26. The molecule has 0 N–H and O–H groups in total. The van der Waals surface area contributed by atoms with E-state index in [9.17, 15) is 9.59 Å². The molecule has 1 fully saturated rings. The zero-order chi connectivity index (χ0) is 16.1. The molecule has 0 saturated carbocycles. The second kappa shape index (κ2) is 7.15. The predicted molar refractivity (Wildman–Crippen MR) is 80.0 cm³/mol. The first-order chi connectivity index (χ1) is 11.2. The maximum Gasteiger partial charge on any atom is 0.331 e. The highest BCUT2D eigenvalue weighted by molar-refractivity contribution is 5.89. The molecule has 1 aromatic rings. The average Bonchev–Trinajstić information content (AvgIpc) is 3.06. The predicted octanol–water partition coefficient (Wildman–Crippen LogP) is 0.831. The minimum atomic E-state index is -0.565. The van der Waals surface area contributed by atoms with Crippen LogP contribution in [0.25, 0.3) is 6.08 Å². The van der Waals surface area contributed by atoms with Crippen LogP contribution in [0.5, 0.6) is 11.5 Å². The number of carbonyl (C=O) groups is 2. The lowest BCUT2D eigenvalue weighted by atomic mass is 10.2. The largest absolute Gasteiger partial charge is 0.454 e. The van der Waals surface area contributed by atoms with Gasteiger partial charge in [-0.25, -0.2) is 4.79 Å². The first kappa shape index (κ1) is 15.4. The molecule has 2 heterocycles. The second-order valence-corrected chi connectivity index (χ2v) is 5.05. The third-order valence-electron chi connectivity index (χ3n) is 3.51. The molecule has 0 unspecified atom stereocenters. The van der Waals surface area contributed by atoms with Gasteiger partial charge >= 0.3 is 5.97 Å². The topological polar surface area (TPSA) is 74.3 Å². The SMILES string of the molecule is O=C(C=Cc1ccc2c(c1)OCO2)OCC(=O)N1CCOCC1. The smallest absolute Gasteiger partial charge is 0.331 e. The lowest BCUT2D eigenvalue weighted by molar-refractivity contribution is -0.150. The van der Waals surface area contributed by atoms with Gasteiger partial charge in [0, 0.05) is 19.2 Å². The Hall–Kier alpha value is -2.54. The molecule has 0 bridgehead atoms. The fraction of sp³-hybridized carbons (Fsp3) is 0.375. The van der Waals surface area contributed by atoms with Crippen LogP contribution in [0.15, 0.2) is 24.3 Å². The monoisotopic (exact) mass is 319 g/mol. The number of fused-ring (bicyclic) bond motifs is 1. The number of hydrogen-bond acceptors (Lipinski definition) is 6. The molecule has 1 saturated heterocycles. The molecule has 0 atom stereocenters. The van der Waals surface area contributed by atoms with Crippen LogP contribution in [0.4, 0.5) is 0 Å². The van der Waals surface area contributed by atoms with E-state index in [0.717, 1.165) is 5.56 Å². The first-order valence-corrected chi connectivity index (χ1v) is 7.32. The quantitative estimate of drug-likeness (QED) is 0.604. The second-order valence-electron chi connectivity index (χ2n) is 5.05. The van der Waals surface area contributed by atoms with Gasteiger partial charge in [0.15, 0.2) is 18.1 Å². The van der Waals surface area contributed by atoms with E-state index in [-0.39, 0.29) is 19.3 Å². The van der Waals surface area contributed by atoms with Crippen LogP contribution < -0.4 is 9.47 Å². The third-order valence-corrected chi connectivity index (χ3v) is 3.51. The van der Waals surface area contributed by atoms with Gasteiger partial charge in [-0.05, 0) is 23.8 Å². The van der Waals surface area contributed by atoms with Gasteiger partial charge in [-0.15, -0.1) is 0 Å². The summed E-state index contributed by atoms with van der Waals surface area (Å²) in [5, 5.41) is 0. The summed E-state index contributed by atoms with van der Waals surface area (Å²) in [7, 11) is 0. The highest BCUT2D eigenvalue weighted by Gasteiger charge is 2.17. The Morgan fingerprint density at radius 1 is 1.17 bits per heavy atom. The standard InChI is InChI=1S/C16H17NO6/c18-15(17-5-7-20-8-6-17)10-21-16(19)4-2-12-1-3-13-14(9-12)23-11-22-13/h1-4,9H,5-8,10-11H2. The Morgan fingerprint density at radius 3 is 2.78 bits per heavy atom. The maximum atomic E-state index is 11.8. The van der Waals surface area contributed by atoms with E-state index in [4.69, 9.17) is 18.9 Å². The summed E-state index contributed by atoms with van der Waals surface area (Å²) in [5.74, 6) is 0.547. The number of carbonyl (C=O) groups excluding carboxylic acids is 2. The summed E-state index contributed by atoms with van der Waals surface area (Å²) >= 11 is 0.